The molecule has 0 spiro atoms. The predicted molar refractivity (Wildman–Crippen MR) is 57.6 cm³/mol. The van der Waals surface area contributed by atoms with Crippen LogP contribution >= 0.6 is 15.9 Å². The Kier molecular flexibility index (Phi) is 2.95. The van der Waals surface area contributed by atoms with Crippen molar-refractivity contribution in [1.29, 1.82) is 0 Å². The van der Waals surface area contributed by atoms with Crippen LogP contribution in [0.1, 0.15) is 36.8 Å². The fourth-order valence-electron chi connectivity index (χ4n) is 1.11. The molecule has 0 aliphatic carbocycles. The minimum absolute atomic E-state index is 0.0874. The number of hydrogen-bond acceptors (Lipinski definition) is 2. The maximum atomic E-state index is 10.7. The molecule has 0 atom stereocenters. The Morgan fingerprint density at radius 1 is 1.50 bits per heavy atom. The van der Waals surface area contributed by atoms with Gasteiger partial charge in [-0.25, -0.2) is 4.79 Å². The van der Waals surface area contributed by atoms with Crippen molar-refractivity contribution in [2.24, 2.45) is 0 Å². The van der Waals surface area contributed by atoms with Crippen molar-refractivity contribution in [3.8, 4) is 0 Å². The van der Waals surface area contributed by atoms with Crippen molar-refractivity contribution in [3.63, 3.8) is 0 Å². The Morgan fingerprint density at radius 2 is 2.07 bits per heavy atom. The second-order valence-corrected chi connectivity index (χ2v) is 4.96. The van der Waals surface area contributed by atoms with Gasteiger partial charge in [0, 0.05) is 16.1 Å². The number of nitrogens with zero attached hydrogens (tertiary/aromatic N) is 1. The van der Waals surface area contributed by atoms with Crippen molar-refractivity contribution in [3.05, 3.63) is 28.0 Å². The van der Waals surface area contributed by atoms with E-state index in [2.05, 4.69) is 20.9 Å². The van der Waals surface area contributed by atoms with E-state index in [0.717, 1.165) is 10.2 Å². The summed E-state index contributed by atoms with van der Waals surface area (Å²) in [6, 6.07) is 1.58. The zero-order valence-corrected chi connectivity index (χ0v) is 9.92. The van der Waals surface area contributed by atoms with Crippen molar-refractivity contribution < 1.29 is 9.90 Å². The van der Waals surface area contributed by atoms with E-state index in [0.29, 0.717) is 0 Å². The largest absolute Gasteiger partial charge is 0.478 e. The number of rotatable bonds is 1. The molecule has 0 aromatic carbocycles. The molecule has 1 aromatic rings. The predicted octanol–water partition coefficient (Wildman–Crippen LogP) is 2.84. The first-order valence-corrected chi connectivity index (χ1v) is 5.01. The second-order valence-electron chi connectivity index (χ2n) is 4.11. The van der Waals surface area contributed by atoms with Gasteiger partial charge in [-0.05, 0) is 22.0 Å². The van der Waals surface area contributed by atoms with Gasteiger partial charge in [-0.15, -0.1) is 0 Å². The lowest BCUT2D eigenvalue weighted by molar-refractivity contribution is 0.0696. The highest BCUT2D eigenvalue weighted by molar-refractivity contribution is 9.10. The molecule has 76 valence electrons. The highest BCUT2D eigenvalue weighted by Crippen LogP contribution is 2.27. The molecular weight excluding hydrogens is 246 g/mol. The molecule has 14 heavy (non-hydrogen) atoms. The SMILES string of the molecule is CC(C)(C)c1ncc(C(=O)O)cc1Br. The van der Waals surface area contributed by atoms with Gasteiger partial charge in [-0.1, -0.05) is 20.8 Å². The number of aromatic nitrogens is 1. The molecule has 0 unspecified atom stereocenters. The summed E-state index contributed by atoms with van der Waals surface area (Å²) in [6.07, 6.45) is 1.38. The van der Waals surface area contributed by atoms with E-state index >= 15 is 0 Å². The Balaban J connectivity index is 3.21. The molecule has 0 bridgehead atoms. The summed E-state index contributed by atoms with van der Waals surface area (Å²) in [6.45, 7) is 6.08. The summed E-state index contributed by atoms with van der Waals surface area (Å²) >= 11 is 3.33. The van der Waals surface area contributed by atoms with E-state index in [1.54, 1.807) is 6.07 Å². The number of pyridine rings is 1. The minimum atomic E-state index is -0.960. The zero-order chi connectivity index (χ0) is 10.9. The van der Waals surface area contributed by atoms with Gasteiger partial charge >= 0.3 is 5.97 Å². The van der Waals surface area contributed by atoms with Crippen LogP contribution < -0.4 is 0 Å². The van der Waals surface area contributed by atoms with Crippen LogP contribution in [0.25, 0.3) is 0 Å². The van der Waals surface area contributed by atoms with Crippen LogP contribution in [0, 0.1) is 0 Å². The third-order valence-corrected chi connectivity index (χ3v) is 2.40. The van der Waals surface area contributed by atoms with Crippen LogP contribution in [0.3, 0.4) is 0 Å². The van der Waals surface area contributed by atoms with E-state index in [-0.39, 0.29) is 11.0 Å². The second kappa shape index (κ2) is 3.69. The van der Waals surface area contributed by atoms with Crippen LogP contribution in [0.15, 0.2) is 16.7 Å². The molecule has 4 heteroatoms. The monoisotopic (exact) mass is 257 g/mol. The van der Waals surface area contributed by atoms with E-state index in [4.69, 9.17) is 5.11 Å². The minimum Gasteiger partial charge on any atom is -0.478 e. The molecule has 0 radical (unpaired) electrons. The highest BCUT2D eigenvalue weighted by atomic mass is 79.9. The number of aromatic carboxylic acids is 1. The molecule has 1 rings (SSSR count). The van der Waals surface area contributed by atoms with E-state index in [1.807, 2.05) is 20.8 Å². The van der Waals surface area contributed by atoms with Gasteiger partial charge in [-0.2, -0.15) is 0 Å². The molecule has 1 aromatic heterocycles. The molecule has 0 aliphatic heterocycles. The van der Waals surface area contributed by atoms with Gasteiger partial charge in [0.1, 0.15) is 0 Å². The fourth-order valence-corrected chi connectivity index (χ4v) is 2.05. The van der Waals surface area contributed by atoms with Crippen LogP contribution in [0.2, 0.25) is 0 Å². The van der Waals surface area contributed by atoms with Crippen molar-refractivity contribution in [1.82, 2.24) is 4.98 Å². The van der Waals surface area contributed by atoms with E-state index in [9.17, 15) is 4.79 Å². The van der Waals surface area contributed by atoms with Crippen LogP contribution in [-0.2, 0) is 5.41 Å². The first kappa shape index (κ1) is 11.2. The number of carbonyl (C=O) groups is 1. The summed E-state index contributed by atoms with van der Waals surface area (Å²) < 4.78 is 0.741. The van der Waals surface area contributed by atoms with Gasteiger partial charge in [-0.3, -0.25) is 4.98 Å². The van der Waals surface area contributed by atoms with E-state index in [1.165, 1.54) is 6.20 Å². The fraction of sp³-hybridized carbons (Fsp3) is 0.400. The van der Waals surface area contributed by atoms with Gasteiger partial charge in [0.25, 0.3) is 0 Å². The quantitative estimate of drug-likeness (QED) is 0.842. The summed E-state index contributed by atoms with van der Waals surface area (Å²) in [5, 5.41) is 8.74. The molecule has 0 saturated carbocycles. The standard InChI is InChI=1S/C10H12BrNO2/c1-10(2,3)8-7(11)4-6(5-12-8)9(13)14/h4-5H,1-3H3,(H,13,14). The first-order chi connectivity index (χ1) is 6.32. The van der Waals surface area contributed by atoms with Crippen molar-refractivity contribution in [2.75, 3.05) is 0 Å². The molecular formula is C10H12BrNO2. The lowest BCUT2D eigenvalue weighted by Crippen LogP contribution is -2.15. The first-order valence-electron chi connectivity index (χ1n) is 4.21. The normalized spacial score (nSPS) is 11.4. The Morgan fingerprint density at radius 3 is 2.43 bits per heavy atom. The number of carboxylic acid groups (broad SMARTS) is 1. The van der Waals surface area contributed by atoms with Gasteiger partial charge in [0.2, 0.25) is 0 Å². The zero-order valence-electron chi connectivity index (χ0n) is 8.34. The smallest absolute Gasteiger partial charge is 0.337 e. The summed E-state index contributed by atoms with van der Waals surface area (Å²) in [4.78, 5) is 14.8. The van der Waals surface area contributed by atoms with Crippen LogP contribution in [0.5, 0.6) is 0 Å². The van der Waals surface area contributed by atoms with Crippen LogP contribution in [-0.4, -0.2) is 16.1 Å². The summed E-state index contributed by atoms with van der Waals surface area (Å²) in [5.41, 5.74) is 0.975. The van der Waals surface area contributed by atoms with Gasteiger partial charge < -0.3 is 5.11 Å². The van der Waals surface area contributed by atoms with Gasteiger partial charge in [0.15, 0.2) is 0 Å². The lowest BCUT2D eigenvalue weighted by atomic mass is 9.91. The molecule has 0 aliphatic rings. The number of halogens is 1. The maximum Gasteiger partial charge on any atom is 0.337 e. The Labute approximate surface area is 91.3 Å². The third kappa shape index (κ3) is 2.32. The van der Waals surface area contributed by atoms with Crippen molar-refractivity contribution >= 4 is 21.9 Å². The van der Waals surface area contributed by atoms with Gasteiger partial charge in [0.05, 0.1) is 11.3 Å². The van der Waals surface area contributed by atoms with Crippen LogP contribution in [0.4, 0.5) is 0 Å². The summed E-state index contributed by atoms with van der Waals surface area (Å²) in [5.74, 6) is -0.960. The topological polar surface area (TPSA) is 50.2 Å². The molecule has 1 heterocycles. The molecule has 1 N–H and O–H groups in total. The molecule has 0 saturated heterocycles. The molecule has 3 nitrogen and oxygen atoms in total. The molecule has 0 amide bonds. The number of hydrogen-bond donors (Lipinski definition) is 1. The highest BCUT2D eigenvalue weighted by Gasteiger charge is 2.19. The maximum absolute atomic E-state index is 10.7. The van der Waals surface area contributed by atoms with Crippen molar-refractivity contribution in [2.45, 2.75) is 26.2 Å². The molecule has 0 fully saturated rings. The summed E-state index contributed by atoms with van der Waals surface area (Å²) in [7, 11) is 0. The average Bonchev–Trinajstić information content (AvgIpc) is 2.01. The Hall–Kier alpha value is -0.900. The Bertz CT molecular complexity index is 369. The lowest BCUT2D eigenvalue weighted by Gasteiger charge is -2.19. The third-order valence-electron chi connectivity index (χ3n) is 1.80. The average molecular weight is 258 g/mol. The van der Waals surface area contributed by atoms with E-state index < -0.39 is 5.97 Å². The number of carboxylic acids is 1.